The molecule has 1 amide bonds. The summed E-state index contributed by atoms with van der Waals surface area (Å²) < 4.78 is 1.96. The SMILES string of the molecule is Cc1nc(Cn2cc(C(N)=O)c3ncccc32)cs1. The highest BCUT2D eigenvalue weighted by Crippen LogP contribution is 2.20. The molecule has 0 saturated heterocycles. The lowest BCUT2D eigenvalue weighted by Gasteiger charge is -2.01. The van der Waals surface area contributed by atoms with E-state index in [9.17, 15) is 4.79 Å². The second kappa shape index (κ2) is 4.47. The van der Waals surface area contributed by atoms with Gasteiger partial charge in [0.05, 0.1) is 28.3 Å². The number of hydrogen-bond acceptors (Lipinski definition) is 4. The van der Waals surface area contributed by atoms with Crippen molar-refractivity contribution in [3.63, 3.8) is 0 Å². The van der Waals surface area contributed by atoms with Gasteiger partial charge >= 0.3 is 0 Å². The summed E-state index contributed by atoms with van der Waals surface area (Å²) in [5.74, 6) is -0.461. The summed E-state index contributed by atoms with van der Waals surface area (Å²) in [5, 5.41) is 3.04. The van der Waals surface area contributed by atoms with Gasteiger partial charge in [-0.2, -0.15) is 0 Å². The lowest BCUT2D eigenvalue weighted by Crippen LogP contribution is -2.10. The fraction of sp³-hybridized carbons (Fsp3) is 0.154. The Morgan fingerprint density at radius 2 is 2.37 bits per heavy atom. The number of nitrogens with two attached hydrogens (primary N) is 1. The molecule has 3 aromatic rings. The summed E-state index contributed by atoms with van der Waals surface area (Å²) in [6, 6.07) is 3.77. The highest BCUT2D eigenvalue weighted by Gasteiger charge is 2.14. The van der Waals surface area contributed by atoms with E-state index in [1.54, 1.807) is 23.7 Å². The molecule has 3 aromatic heterocycles. The Kier molecular flexibility index (Phi) is 2.79. The van der Waals surface area contributed by atoms with Crippen LogP contribution in [0.5, 0.6) is 0 Å². The number of carbonyl (C=O) groups is 1. The third-order valence-corrected chi connectivity index (χ3v) is 3.72. The van der Waals surface area contributed by atoms with Crippen molar-refractivity contribution in [3.05, 3.63) is 46.2 Å². The van der Waals surface area contributed by atoms with Crippen molar-refractivity contribution in [2.45, 2.75) is 13.5 Å². The zero-order chi connectivity index (χ0) is 13.4. The van der Waals surface area contributed by atoms with Gasteiger partial charge in [0.1, 0.15) is 5.52 Å². The lowest BCUT2D eigenvalue weighted by molar-refractivity contribution is 0.100. The first-order chi connectivity index (χ1) is 9.15. The van der Waals surface area contributed by atoms with Crippen molar-refractivity contribution in [2.75, 3.05) is 0 Å². The third kappa shape index (κ3) is 2.10. The van der Waals surface area contributed by atoms with Gasteiger partial charge in [0.25, 0.3) is 5.91 Å². The Hall–Kier alpha value is -2.21. The van der Waals surface area contributed by atoms with Crippen molar-refractivity contribution in [3.8, 4) is 0 Å². The van der Waals surface area contributed by atoms with Crippen LogP contribution in [-0.2, 0) is 6.54 Å². The molecule has 0 aromatic carbocycles. The predicted octanol–water partition coefficient (Wildman–Crippen LogP) is 1.95. The minimum absolute atomic E-state index is 0.447. The maximum atomic E-state index is 11.4. The maximum absolute atomic E-state index is 11.4. The molecule has 3 heterocycles. The molecule has 0 spiro atoms. The van der Waals surface area contributed by atoms with E-state index in [0.717, 1.165) is 16.2 Å². The second-order valence-electron chi connectivity index (χ2n) is 4.26. The van der Waals surface area contributed by atoms with Crippen LogP contribution in [0.15, 0.2) is 29.9 Å². The first kappa shape index (κ1) is 11.9. The van der Waals surface area contributed by atoms with Gasteiger partial charge in [-0.05, 0) is 19.1 Å². The van der Waals surface area contributed by atoms with Crippen LogP contribution in [0.3, 0.4) is 0 Å². The molecule has 0 aliphatic carbocycles. The summed E-state index contributed by atoms with van der Waals surface area (Å²) in [6.07, 6.45) is 3.40. The van der Waals surface area contributed by atoms with E-state index < -0.39 is 5.91 Å². The van der Waals surface area contributed by atoms with Crippen LogP contribution in [0.4, 0.5) is 0 Å². The number of aryl methyl sites for hydroxylation is 1. The fourth-order valence-electron chi connectivity index (χ4n) is 2.09. The highest BCUT2D eigenvalue weighted by molar-refractivity contribution is 7.09. The van der Waals surface area contributed by atoms with Crippen LogP contribution < -0.4 is 5.73 Å². The van der Waals surface area contributed by atoms with E-state index >= 15 is 0 Å². The fourth-order valence-corrected chi connectivity index (χ4v) is 2.69. The lowest BCUT2D eigenvalue weighted by atomic mass is 10.2. The number of aromatic nitrogens is 3. The summed E-state index contributed by atoms with van der Waals surface area (Å²) in [6.45, 7) is 2.58. The molecule has 0 aliphatic heterocycles. The maximum Gasteiger partial charge on any atom is 0.252 e. The number of hydrogen-bond donors (Lipinski definition) is 1. The molecule has 96 valence electrons. The number of amides is 1. The monoisotopic (exact) mass is 272 g/mol. The summed E-state index contributed by atoms with van der Waals surface area (Å²) in [7, 11) is 0. The highest BCUT2D eigenvalue weighted by atomic mass is 32.1. The van der Waals surface area contributed by atoms with Crippen LogP contribution in [-0.4, -0.2) is 20.4 Å². The minimum Gasteiger partial charge on any atom is -0.365 e. The van der Waals surface area contributed by atoms with Gasteiger partial charge in [-0.15, -0.1) is 11.3 Å². The summed E-state index contributed by atoms with van der Waals surface area (Å²) in [5.41, 5.74) is 8.33. The van der Waals surface area contributed by atoms with Crippen molar-refractivity contribution >= 4 is 28.3 Å². The van der Waals surface area contributed by atoms with E-state index in [1.807, 2.05) is 29.0 Å². The number of nitrogens with zero attached hydrogens (tertiary/aromatic N) is 3. The first-order valence-electron chi connectivity index (χ1n) is 5.80. The summed E-state index contributed by atoms with van der Waals surface area (Å²) in [4.78, 5) is 20.1. The van der Waals surface area contributed by atoms with Gasteiger partial charge < -0.3 is 10.3 Å². The largest absolute Gasteiger partial charge is 0.365 e. The Balaban J connectivity index is 2.11. The molecule has 3 rings (SSSR count). The molecule has 6 heteroatoms. The molecule has 19 heavy (non-hydrogen) atoms. The number of pyridine rings is 1. The third-order valence-electron chi connectivity index (χ3n) is 2.90. The van der Waals surface area contributed by atoms with Crippen LogP contribution in [0.25, 0.3) is 11.0 Å². The molecule has 0 bridgehead atoms. The summed E-state index contributed by atoms with van der Waals surface area (Å²) >= 11 is 1.61. The molecule has 0 unspecified atom stereocenters. The zero-order valence-electron chi connectivity index (χ0n) is 10.3. The van der Waals surface area contributed by atoms with Gasteiger partial charge in [-0.1, -0.05) is 0 Å². The Morgan fingerprint density at radius 1 is 1.53 bits per heavy atom. The van der Waals surface area contributed by atoms with Crippen molar-refractivity contribution in [1.82, 2.24) is 14.5 Å². The Bertz CT molecular complexity index is 759. The molecule has 0 atom stereocenters. The number of fused-ring (bicyclic) bond motifs is 1. The van der Waals surface area contributed by atoms with Gasteiger partial charge in [-0.25, -0.2) is 4.98 Å². The molecular weight excluding hydrogens is 260 g/mol. The normalized spacial score (nSPS) is 11.0. The van der Waals surface area contributed by atoms with Crippen molar-refractivity contribution in [1.29, 1.82) is 0 Å². The van der Waals surface area contributed by atoms with Crippen LogP contribution >= 0.6 is 11.3 Å². The van der Waals surface area contributed by atoms with Gasteiger partial charge in [0.2, 0.25) is 0 Å². The number of thiazole rings is 1. The number of carbonyl (C=O) groups excluding carboxylic acids is 1. The molecular formula is C13H12N4OS. The van der Waals surface area contributed by atoms with E-state index in [1.165, 1.54) is 0 Å². The van der Waals surface area contributed by atoms with Crippen molar-refractivity contribution in [2.24, 2.45) is 5.73 Å². The first-order valence-corrected chi connectivity index (χ1v) is 6.68. The molecule has 0 radical (unpaired) electrons. The van der Waals surface area contributed by atoms with Gasteiger partial charge in [0, 0.05) is 17.8 Å². The second-order valence-corrected chi connectivity index (χ2v) is 5.33. The van der Waals surface area contributed by atoms with Crippen LogP contribution in [0, 0.1) is 6.92 Å². The van der Waals surface area contributed by atoms with Gasteiger partial charge in [-0.3, -0.25) is 9.78 Å². The van der Waals surface area contributed by atoms with E-state index in [-0.39, 0.29) is 0 Å². The Morgan fingerprint density at radius 3 is 3.05 bits per heavy atom. The average Bonchev–Trinajstić information content (AvgIpc) is 2.95. The van der Waals surface area contributed by atoms with Gasteiger partial charge in [0.15, 0.2) is 0 Å². The zero-order valence-corrected chi connectivity index (χ0v) is 11.1. The smallest absolute Gasteiger partial charge is 0.252 e. The Labute approximate surface area is 113 Å². The van der Waals surface area contributed by atoms with Crippen LogP contribution in [0.1, 0.15) is 21.1 Å². The van der Waals surface area contributed by atoms with E-state index in [2.05, 4.69) is 9.97 Å². The van der Waals surface area contributed by atoms with E-state index in [4.69, 9.17) is 5.73 Å². The van der Waals surface area contributed by atoms with E-state index in [0.29, 0.717) is 17.6 Å². The minimum atomic E-state index is -0.461. The average molecular weight is 272 g/mol. The quantitative estimate of drug-likeness (QED) is 0.792. The topological polar surface area (TPSA) is 73.8 Å². The predicted molar refractivity (Wildman–Crippen MR) is 74.2 cm³/mol. The van der Waals surface area contributed by atoms with Crippen LogP contribution in [0.2, 0.25) is 0 Å². The standard InChI is InChI=1S/C13H12N4OS/c1-8-16-9(7-19-8)5-17-6-10(13(14)18)12-11(17)3-2-4-15-12/h2-4,6-7H,5H2,1H3,(H2,14,18). The number of rotatable bonds is 3. The number of primary amides is 1. The molecule has 2 N–H and O–H groups in total. The molecule has 5 nitrogen and oxygen atoms in total. The van der Waals surface area contributed by atoms with Crippen molar-refractivity contribution < 1.29 is 4.79 Å². The molecule has 0 fully saturated rings. The molecule has 0 saturated carbocycles. The molecule has 0 aliphatic rings.